The normalized spacial score (nSPS) is 25.5. The van der Waals surface area contributed by atoms with Crippen molar-refractivity contribution in [3.8, 4) is 0 Å². The van der Waals surface area contributed by atoms with Crippen molar-refractivity contribution in [3.63, 3.8) is 0 Å². The summed E-state index contributed by atoms with van der Waals surface area (Å²) in [5.41, 5.74) is 0. The second kappa shape index (κ2) is 6.59. The summed E-state index contributed by atoms with van der Waals surface area (Å²) in [5.74, 6) is -0.961. The van der Waals surface area contributed by atoms with Crippen LogP contribution in [0.5, 0.6) is 0 Å². The maximum atomic E-state index is 11.6. The Morgan fingerprint density at radius 3 is 2.41 bits per heavy atom. The molecule has 0 aromatic rings. The van der Waals surface area contributed by atoms with Gasteiger partial charge < -0.3 is 10.4 Å². The topological polar surface area (TPSA) is 69.6 Å². The van der Waals surface area contributed by atoms with Crippen LogP contribution in [-0.2, 0) is 9.59 Å². The first-order chi connectivity index (χ1) is 8.00. The SMILES string of the molecule is C[C@@H]1CCC[C@H]([13CH3])N1[13CH2][13C](=O)[15NH]CCC(=O)O. The molecule has 1 saturated heterocycles. The fraction of sp³-hybridized carbons (Fsp3) is 0.833. The fourth-order valence-corrected chi connectivity index (χ4v) is 2.32. The number of nitrogens with zero attached hydrogens (tertiary/aromatic N) is 1. The number of carboxylic acid groups (broad SMARTS) is 1. The Bertz CT molecular complexity index is 271. The standard InChI is InChI=1S/C12H22N2O3/c1-9-4-3-5-10(2)14(9)8-11(15)13-7-6-12(16)17/h9-10H,3-8H2,1-2H3,(H,13,15)(H,16,17)/t9-,10+/i1+1,8+1,11+1,13+1/m0/s1. The molecule has 1 rings (SSSR count). The summed E-state index contributed by atoms with van der Waals surface area (Å²) in [6.45, 7) is 4.87. The summed E-state index contributed by atoms with van der Waals surface area (Å²) < 4.78 is 0. The maximum absolute atomic E-state index is 11.6. The smallest absolute Gasteiger partial charge is 0.305 e. The highest BCUT2D eigenvalue weighted by molar-refractivity contribution is 5.78. The number of nitrogens with one attached hydrogen (secondary N) is 1. The first-order valence-electron chi connectivity index (χ1n) is 6.25. The molecule has 1 amide bonds. The van der Waals surface area contributed by atoms with Crippen LogP contribution in [0.4, 0.5) is 0 Å². The van der Waals surface area contributed by atoms with E-state index in [0.29, 0.717) is 18.6 Å². The van der Waals surface area contributed by atoms with E-state index >= 15 is 0 Å². The largest absolute Gasteiger partial charge is 0.481 e. The molecule has 0 aliphatic carbocycles. The minimum Gasteiger partial charge on any atom is -0.481 e. The van der Waals surface area contributed by atoms with Gasteiger partial charge >= 0.3 is 5.97 Å². The lowest BCUT2D eigenvalue weighted by molar-refractivity contribution is -0.137. The van der Waals surface area contributed by atoms with Crippen LogP contribution >= 0.6 is 0 Å². The molecule has 1 fully saturated rings. The van der Waals surface area contributed by atoms with E-state index in [1.165, 1.54) is 6.42 Å². The number of carbonyl (C=O) groups excluding carboxylic acids is 1. The average Bonchev–Trinajstić information content (AvgIpc) is 2.23. The minimum atomic E-state index is -0.884. The van der Waals surface area contributed by atoms with Crippen molar-refractivity contribution < 1.29 is 14.7 Å². The summed E-state index contributed by atoms with van der Waals surface area (Å²) in [7, 11) is 0. The zero-order valence-corrected chi connectivity index (χ0v) is 10.6. The van der Waals surface area contributed by atoms with Crippen molar-refractivity contribution in [2.45, 2.75) is 51.6 Å². The lowest BCUT2D eigenvalue weighted by Gasteiger charge is -2.38. The molecular formula is C12H22N2O3. The van der Waals surface area contributed by atoms with Gasteiger partial charge in [-0.1, -0.05) is 6.42 Å². The molecule has 2 N–H and O–H groups in total. The monoisotopic (exact) mass is 246 g/mol. The van der Waals surface area contributed by atoms with E-state index in [9.17, 15) is 9.59 Å². The summed E-state index contributed by atoms with van der Waals surface area (Å²) >= 11 is 0. The zero-order chi connectivity index (χ0) is 12.8. The Balaban J connectivity index is 2.31. The third-order valence-electron chi connectivity index (χ3n) is 3.36. The quantitative estimate of drug-likeness (QED) is 0.557. The number of likely N-dealkylation sites (tertiary alicyclic amines) is 1. The molecule has 0 radical (unpaired) electrons. The average molecular weight is 246 g/mol. The summed E-state index contributed by atoms with van der Waals surface area (Å²) in [6, 6.07) is 0.868. The van der Waals surface area contributed by atoms with Gasteiger partial charge in [0.15, 0.2) is 0 Å². The van der Waals surface area contributed by atoms with Crippen molar-refractivity contribution in [1.82, 2.24) is 10.2 Å². The van der Waals surface area contributed by atoms with Crippen molar-refractivity contribution in [2.75, 3.05) is 13.1 Å². The van der Waals surface area contributed by atoms with E-state index in [1.807, 2.05) is 0 Å². The number of amides is 1. The van der Waals surface area contributed by atoms with E-state index in [4.69, 9.17) is 5.11 Å². The number of carbonyl (C=O) groups is 2. The molecule has 98 valence electrons. The summed E-state index contributed by atoms with van der Waals surface area (Å²) in [4.78, 5) is 24.1. The third kappa shape index (κ3) is 4.73. The van der Waals surface area contributed by atoms with Crippen LogP contribution in [-0.4, -0.2) is 47.1 Å². The highest BCUT2D eigenvalue weighted by atomic mass is 16.4. The lowest BCUT2D eigenvalue weighted by atomic mass is 10.0. The Morgan fingerprint density at radius 2 is 1.88 bits per heavy atom. The Hall–Kier alpha value is -1.10. The van der Waals surface area contributed by atoms with E-state index in [-0.39, 0.29) is 18.9 Å². The predicted molar refractivity (Wildman–Crippen MR) is 64.7 cm³/mol. The van der Waals surface area contributed by atoms with Gasteiger partial charge in [-0.3, -0.25) is 14.5 Å². The Morgan fingerprint density at radius 1 is 1.29 bits per heavy atom. The van der Waals surface area contributed by atoms with Crippen LogP contribution in [0.2, 0.25) is 0 Å². The third-order valence-corrected chi connectivity index (χ3v) is 3.36. The second-order valence-corrected chi connectivity index (χ2v) is 4.79. The van der Waals surface area contributed by atoms with Crippen LogP contribution in [0.3, 0.4) is 0 Å². The predicted octanol–water partition coefficient (Wildman–Crippen LogP) is 0.840. The molecule has 5 heteroatoms. The number of rotatable bonds is 5. The molecule has 0 spiro atoms. The van der Waals surface area contributed by atoms with E-state index in [2.05, 4.69) is 24.1 Å². The molecule has 17 heavy (non-hydrogen) atoms. The number of carboxylic acids is 1. The lowest BCUT2D eigenvalue weighted by Crippen LogP contribution is -2.48. The van der Waals surface area contributed by atoms with Crippen LogP contribution in [0, 0.1) is 0 Å². The van der Waals surface area contributed by atoms with Crippen LogP contribution in [0.25, 0.3) is 0 Å². The second-order valence-electron chi connectivity index (χ2n) is 4.79. The molecule has 1 aliphatic heterocycles. The summed E-state index contributed by atoms with van der Waals surface area (Å²) in [6.07, 6.45) is 3.47. The van der Waals surface area contributed by atoms with Gasteiger partial charge in [-0.05, 0) is 26.7 Å². The number of hydrogen-bond acceptors (Lipinski definition) is 3. The van der Waals surface area contributed by atoms with Gasteiger partial charge in [-0.15, -0.1) is 0 Å². The van der Waals surface area contributed by atoms with E-state index in [1.54, 1.807) is 0 Å². The molecule has 0 bridgehead atoms. The molecule has 2 atom stereocenters. The van der Waals surface area contributed by atoms with Gasteiger partial charge in [0, 0.05) is 18.6 Å². The van der Waals surface area contributed by atoms with Crippen LogP contribution < -0.4 is 5.32 Å². The van der Waals surface area contributed by atoms with E-state index < -0.39 is 5.97 Å². The number of piperidine rings is 1. The minimum absolute atomic E-state index is 0.0170. The highest BCUT2D eigenvalue weighted by Crippen LogP contribution is 2.21. The molecular weight excluding hydrogens is 224 g/mol. The van der Waals surface area contributed by atoms with Crippen LogP contribution in [0.15, 0.2) is 0 Å². The molecule has 1 aliphatic rings. The molecule has 1 heterocycles. The number of hydrogen-bond donors (Lipinski definition) is 2. The molecule has 0 unspecified atom stereocenters. The first-order valence-corrected chi connectivity index (χ1v) is 6.25. The molecule has 5 nitrogen and oxygen atoms in total. The van der Waals surface area contributed by atoms with Gasteiger partial charge in [0.2, 0.25) is 5.91 Å². The van der Waals surface area contributed by atoms with Gasteiger partial charge in [-0.25, -0.2) is 0 Å². The van der Waals surface area contributed by atoms with Crippen molar-refractivity contribution >= 4 is 11.9 Å². The Kier molecular flexibility index (Phi) is 5.41. The maximum Gasteiger partial charge on any atom is 0.305 e. The Labute approximate surface area is 102 Å². The van der Waals surface area contributed by atoms with Gasteiger partial charge in [0.1, 0.15) is 0 Å². The number of aliphatic carboxylic acids is 1. The fourth-order valence-electron chi connectivity index (χ4n) is 2.32. The van der Waals surface area contributed by atoms with E-state index in [0.717, 1.165) is 12.8 Å². The van der Waals surface area contributed by atoms with Crippen molar-refractivity contribution in [3.05, 3.63) is 0 Å². The first kappa shape index (κ1) is 14.0. The molecule has 0 aromatic carbocycles. The van der Waals surface area contributed by atoms with Gasteiger partial charge in [-0.2, -0.15) is 0 Å². The van der Waals surface area contributed by atoms with Crippen LogP contribution in [0.1, 0.15) is 39.5 Å². The summed E-state index contributed by atoms with van der Waals surface area (Å²) in [5, 5.41) is 11.1. The van der Waals surface area contributed by atoms with Crippen molar-refractivity contribution in [2.24, 2.45) is 0 Å². The van der Waals surface area contributed by atoms with Crippen molar-refractivity contribution in [1.29, 1.82) is 0 Å². The van der Waals surface area contributed by atoms with Gasteiger partial charge in [0.25, 0.3) is 0 Å². The zero-order valence-electron chi connectivity index (χ0n) is 10.6. The van der Waals surface area contributed by atoms with Gasteiger partial charge in [0.05, 0.1) is 13.0 Å². The molecule has 0 saturated carbocycles. The molecule has 0 aromatic heterocycles. The highest BCUT2D eigenvalue weighted by Gasteiger charge is 2.26.